The Morgan fingerprint density at radius 1 is 0.333 bits per heavy atom. The van der Waals surface area contributed by atoms with E-state index in [0.29, 0.717) is 0 Å². The zero-order valence-electron chi connectivity index (χ0n) is 15.5. The summed E-state index contributed by atoms with van der Waals surface area (Å²) in [4.78, 5) is 0. The van der Waals surface area contributed by atoms with Crippen LogP contribution < -0.4 is 0 Å². The first-order valence-corrected chi connectivity index (χ1v) is 9.24. The fraction of sp³-hybridized carbons (Fsp3) is 1.00. The maximum Gasteiger partial charge on any atom is 0 e. The fourth-order valence-electron chi connectivity index (χ4n) is 1.77. The van der Waals surface area contributed by atoms with Crippen LogP contribution in [0, 0.1) is 0 Å². The van der Waals surface area contributed by atoms with Crippen LogP contribution in [-0.4, -0.2) is 0 Å². The van der Waals surface area contributed by atoms with Gasteiger partial charge in [0.05, 0.1) is 0 Å². The van der Waals surface area contributed by atoms with E-state index in [-0.39, 0.29) is 46.8 Å². The Morgan fingerprint density at radius 3 is 0.417 bits per heavy atom. The smallest absolute Gasteiger partial charge is 0 e. The van der Waals surface area contributed by atoms with Crippen LogP contribution in [0.25, 0.3) is 0 Å². The average molecular weight is 393 g/mol. The topological polar surface area (TPSA) is 0 Å². The molecule has 2 aliphatic carbocycles. The molecule has 0 radical (unpaired) electrons. The minimum absolute atomic E-state index is 0. The number of hydrogen-bond acceptors (Lipinski definition) is 0. The molecule has 160 valence electrons. The van der Waals surface area contributed by atoms with Crippen molar-refractivity contribution in [2.45, 2.75) is 155 Å². The molecule has 0 aromatic rings. The number of hydrogen-bond donors (Lipinski definition) is 0. The van der Waals surface area contributed by atoms with Crippen LogP contribution >= 0.6 is 0 Å². The molecule has 2 rings (SSSR count). The maximum atomic E-state index is 2.12. The van der Waals surface area contributed by atoms with Crippen molar-refractivity contribution in [2.24, 2.45) is 0 Å². The second kappa shape index (κ2) is 65.3. The Labute approximate surface area is 171 Å². The molecular weight excluding hydrogens is 332 g/mol. The first-order chi connectivity index (χ1) is 9.24. The maximum absolute atomic E-state index is 2.12. The first kappa shape index (κ1) is 49.7. The summed E-state index contributed by atoms with van der Waals surface area (Å²) in [5, 5.41) is 0. The van der Waals surface area contributed by atoms with Gasteiger partial charge in [0.1, 0.15) is 0 Å². The van der Waals surface area contributed by atoms with E-state index in [0.717, 1.165) is 0 Å². The van der Waals surface area contributed by atoms with Gasteiger partial charge in [-0.05, 0) is 0 Å². The van der Waals surface area contributed by atoms with Crippen LogP contribution in [0.4, 0.5) is 0 Å². The van der Waals surface area contributed by atoms with Gasteiger partial charge in [-0.1, -0.05) is 155 Å². The van der Waals surface area contributed by atoms with E-state index in [1.54, 1.807) is 0 Å². The van der Waals surface area contributed by atoms with E-state index in [1.165, 1.54) is 83.5 Å². The van der Waals surface area contributed by atoms with Crippen LogP contribution in [0.3, 0.4) is 0 Å². The monoisotopic (exact) mass is 392 g/mol. The van der Waals surface area contributed by atoms with E-state index in [2.05, 4.69) is 41.5 Å². The predicted octanol–water partition coefficient (Wildman–Crippen LogP) is 10.7. The van der Waals surface area contributed by atoms with Crippen molar-refractivity contribution in [2.75, 3.05) is 0 Å². The zero-order valence-corrected chi connectivity index (χ0v) is 16.7. The van der Waals surface area contributed by atoms with Crippen LogP contribution in [0.5, 0.6) is 0 Å². The van der Waals surface area contributed by atoms with E-state index in [1.807, 2.05) is 0 Å². The Morgan fingerprint density at radius 2 is 0.375 bits per heavy atom. The van der Waals surface area contributed by atoms with E-state index >= 15 is 0 Å². The first-order valence-electron chi connectivity index (χ1n) is 9.24. The summed E-state index contributed by atoms with van der Waals surface area (Å²) in [6.07, 6.45) is 18.8. The minimum atomic E-state index is 0. The van der Waals surface area contributed by atoms with E-state index in [9.17, 15) is 0 Å². The molecule has 24 heavy (non-hydrogen) atoms. The molecule has 0 amide bonds. The standard InChI is InChI=1S/2C5H10.3C3H8.4CH4.Fe/c2*1-2-4-5-3-1;3*1-3-2;;;;;/h2*1-5H2;3*3H2,1-2H3;4*1H4;. The predicted molar refractivity (Wildman–Crippen MR) is 121 cm³/mol. The summed E-state index contributed by atoms with van der Waals surface area (Å²) in [5.41, 5.74) is 0. The molecule has 0 aliphatic heterocycles. The fourth-order valence-corrected chi connectivity index (χ4v) is 1.77. The van der Waals surface area contributed by atoms with Crippen molar-refractivity contribution in [1.82, 2.24) is 0 Å². The number of rotatable bonds is 0. The average Bonchev–Trinajstić information content (AvgIpc) is 3.11. The van der Waals surface area contributed by atoms with Gasteiger partial charge < -0.3 is 0 Å². The third kappa shape index (κ3) is 94.2. The second-order valence-corrected chi connectivity index (χ2v) is 5.66. The molecule has 1 heteroatoms. The van der Waals surface area contributed by atoms with Crippen molar-refractivity contribution in [3.05, 3.63) is 0 Å². The molecule has 0 unspecified atom stereocenters. The molecule has 2 aliphatic rings. The summed E-state index contributed by atoms with van der Waals surface area (Å²) in [5.74, 6) is 0. The Hall–Kier alpha value is 0.519. The molecule has 0 N–H and O–H groups in total. The van der Waals surface area contributed by atoms with Crippen molar-refractivity contribution in [3.8, 4) is 0 Å². The molecule has 2 saturated carbocycles. The van der Waals surface area contributed by atoms with E-state index in [4.69, 9.17) is 0 Å². The largest absolute Gasteiger partial charge is 0.0776 e. The zero-order chi connectivity index (χ0) is 15.2. The molecule has 0 heterocycles. The Balaban J connectivity index is -0.0000000217. The second-order valence-electron chi connectivity index (χ2n) is 5.66. The van der Waals surface area contributed by atoms with Gasteiger partial charge in [-0.25, -0.2) is 0 Å². The normalized spacial score (nSPS) is 12.2. The van der Waals surface area contributed by atoms with Crippen LogP contribution in [0.15, 0.2) is 0 Å². The van der Waals surface area contributed by atoms with Crippen molar-refractivity contribution < 1.29 is 17.1 Å². The summed E-state index contributed by atoms with van der Waals surface area (Å²) in [6.45, 7) is 12.8. The van der Waals surface area contributed by atoms with Gasteiger partial charge in [-0.15, -0.1) is 0 Å². The summed E-state index contributed by atoms with van der Waals surface area (Å²) in [6, 6.07) is 0. The summed E-state index contributed by atoms with van der Waals surface area (Å²) >= 11 is 0. The molecule has 0 bridgehead atoms. The summed E-state index contributed by atoms with van der Waals surface area (Å²) in [7, 11) is 0. The van der Waals surface area contributed by atoms with Crippen molar-refractivity contribution in [3.63, 3.8) is 0 Å². The quantitative estimate of drug-likeness (QED) is 0.359. The SMILES string of the molecule is C.C.C.C.C1CCCC1.C1CCCC1.CCC.CCC.CCC.[Fe]. The van der Waals surface area contributed by atoms with Gasteiger partial charge in [0.2, 0.25) is 0 Å². The van der Waals surface area contributed by atoms with E-state index < -0.39 is 0 Å². The third-order valence-electron chi connectivity index (χ3n) is 2.50. The van der Waals surface area contributed by atoms with Crippen LogP contribution in [0.2, 0.25) is 0 Å². The Bertz CT molecular complexity index is 64.2. The van der Waals surface area contributed by atoms with Gasteiger partial charge in [0, 0.05) is 17.1 Å². The van der Waals surface area contributed by atoms with Gasteiger partial charge in [0.15, 0.2) is 0 Å². The van der Waals surface area contributed by atoms with Crippen molar-refractivity contribution >= 4 is 0 Å². The summed E-state index contributed by atoms with van der Waals surface area (Å²) < 4.78 is 0. The van der Waals surface area contributed by atoms with Gasteiger partial charge in [-0.2, -0.15) is 0 Å². The van der Waals surface area contributed by atoms with Gasteiger partial charge >= 0.3 is 0 Å². The molecule has 0 aromatic heterocycles. The third-order valence-corrected chi connectivity index (χ3v) is 2.50. The van der Waals surface area contributed by atoms with Gasteiger partial charge in [0.25, 0.3) is 0 Å². The van der Waals surface area contributed by atoms with Crippen molar-refractivity contribution in [1.29, 1.82) is 0 Å². The minimum Gasteiger partial charge on any atom is -0.0776 e. The van der Waals surface area contributed by atoms with Crippen LogP contribution in [0.1, 0.15) is 155 Å². The Kier molecular flexibility index (Phi) is 135. The molecule has 2 fully saturated rings. The molecular formula is C23H60Fe. The van der Waals surface area contributed by atoms with Crippen LogP contribution in [-0.2, 0) is 17.1 Å². The molecule has 0 saturated heterocycles. The molecule has 0 spiro atoms. The molecule has 0 aromatic carbocycles. The molecule has 0 atom stereocenters. The van der Waals surface area contributed by atoms with Gasteiger partial charge in [-0.3, -0.25) is 0 Å². The molecule has 0 nitrogen and oxygen atoms in total.